The Kier molecular flexibility index (Phi) is 5.98. The van der Waals surface area contributed by atoms with E-state index in [9.17, 15) is 14.4 Å². The molecule has 0 spiro atoms. The summed E-state index contributed by atoms with van der Waals surface area (Å²) in [6.07, 6.45) is 5.49. The van der Waals surface area contributed by atoms with Crippen LogP contribution in [0.4, 0.5) is 5.82 Å². The van der Waals surface area contributed by atoms with Crippen LogP contribution in [0.2, 0.25) is 0 Å². The van der Waals surface area contributed by atoms with Gasteiger partial charge >= 0.3 is 0 Å². The summed E-state index contributed by atoms with van der Waals surface area (Å²) in [6.45, 7) is 4.51. The normalized spacial score (nSPS) is 22.1. The van der Waals surface area contributed by atoms with E-state index in [1.54, 1.807) is 6.92 Å². The van der Waals surface area contributed by atoms with Crippen LogP contribution in [0.1, 0.15) is 50.5 Å². The number of piperidine rings is 2. The van der Waals surface area contributed by atoms with E-state index < -0.39 is 6.04 Å². The van der Waals surface area contributed by atoms with Gasteiger partial charge in [-0.3, -0.25) is 19.7 Å². The molecule has 0 bridgehead atoms. The predicted molar refractivity (Wildman–Crippen MR) is 97.7 cm³/mol. The monoisotopic (exact) mass is 358 g/mol. The Hall–Kier alpha value is -2.28. The lowest BCUT2D eigenvalue weighted by Crippen LogP contribution is -2.47. The zero-order chi connectivity index (χ0) is 18.5. The first-order chi connectivity index (χ1) is 12.5. The summed E-state index contributed by atoms with van der Waals surface area (Å²) < 4.78 is 0. The molecule has 2 fully saturated rings. The van der Waals surface area contributed by atoms with E-state index >= 15 is 0 Å². The first-order valence-corrected chi connectivity index (χ1v) is 9.29. The van der Waals surface area contributed by atoms with Gasteiger partial charge < -0.3 is 10.2 Å². The number of nitrogens with zero attached hydrogens (tertiary/aromatic N) is 2. The van der Waals surface area contributed by atoms with Gasteiger partial charge in [0.1, 0.15) is 17.6 Å². The van der Waals surface area contributed by atoms with Gasteiger partial charge in [-0.2, -0.15) is 0 Å². The second-order valence-corrected chi connectivity index (χ2v) is 7.19. The fourth-order valence-electron chi connectivity index (χ4n) is 3.55. The quantitative estimate of drug-likeness (QED) is 0.748. The van der Waals surface area contributed by atoms with Gasteiger partial charge in [-0.25, -0.2) is 4.98 Å². The van der Waals surface area contributed by atoms with Crippen molar-refractivity contribution in [2.24, 2.45) is 0 Å². The molecule has 1 atom stereocenters. The number of rotatable bonds is 6. The molecule has 1 unspecified atom stereocenters. The molecule has 0 radical (unpaired) electrons. The Morgan fingerprint density at radius 3 is 2.65 bits per heavy atom. The zero-order valence-electron chi connectivity index (χ0n) is 15.2. The summed E-state index contributed by atoms with van der Waals surface area (Å²) in [4.78, 5) is 40.9. The molecule has 2 saturated heterocycles. The molecule has 2 N–H and O–H groups in total. The van der Waals surface area contributed by atoms with E-state index in [1.807, 2.05) is 12.3 Å². The largest absolute Gasteiger partial charge is 0.358 e. The van der Waals surface area contributed by atoms with Crippen molar-refractivity contribution in [2.75, 3.05) is 25.0 Å². The van der Waals surface area contributed by atoms with E-state index in [2.05, 4.69) is 26.6 Å². The minimum absolute atomic E-state index is 0.217. The van der Waals surface area contributed by atoms with Gasteiger partial charge in [-0.05, 0) is 56.8 Å². The molecule has 0 saturated carbocycles. The van der Waals surface area contributed by atoms with Crippen LogP contribution in [0.25, 0.3) is 0 Å². The molecular formula is C19H26N4O3. The lowest BCUT2D eigenvalue weighted by atomic mass is 9.90. The van der Waals surface area contributed by atoms with Crippen LogP contribution in [0, 0.1) is 0 Å². The molecular weight excluding hydrogens is 332 g/mol. The number of pyridine rings is 1. The number of ketones is 1. The fourth-order valence-corrected chi connectivity index (χ4v) is 3.55. The molecule has 2 amide bonds. The van der Waals surface area contributed by atoms with Crippen LogP contribution < -0.4 is 10.6 Å². The minimum Gasteiger partial charge on any atom is -0.358 e. The van der Waals surface area contributed by atoms with Crippen LogP contribution >= 0.6 is 0 Å². The molecule has 2 aliphatic rings. The maximum atomic E-state index is 11.8. The van der Waals surface area contributed by atoms with Crippen molar-refractivity contribution in [1.82, 2.24) is 15.2 Å². The van der Waals surface area contributed by atoms with Gasteiger partial charge in [0.15, 0.2) is 0 Å². The van der Waals surface area contributed by atoms with Crippen molar-refractivity contribution >= 4 is 23.4 Å². The number of carbonyl (C=O) groups is 3. The molecule has 3 heterocycles. The Morgan fingerprint density at radius 2 is 2.04 bits per heavy atom. The summed E-state index contributed by atoms with van der Waals surface area (Å²) in [7, 11) is 0. The van der Waals surface area contributed by atoms with Gasteiger partial charge in [-0.15, -0.1) is 0 Å². The predicted octanol–water partition coefficient (Wildman–Crippen LogP) is 1.46. The smallest absolute Gasteiger partial charge is 0.249 e. The van der Waals surface area contributed by atoms with Gasteiger partial charge in [0.25, 0.3) is 0 Å². The van der Waals surface area contributed by atoms with Gasteiger partial charge in [0, 0.05) is 25.6 Å². The molecule has 1 aromatic rings. The number of nitrogens with one attached hydrogen (secondary N) is 2. The highest BCUT2D eigenvalue weighted by molar-refractivity contribution is 6.01. The van der Waals surface area contributed by atoms with Gasteiger partial charge in [0.2, 0.25) is 11.8 Å². The number of imide groups is 1. The Balaban J connectivity index is 1.50. The van der Waals surface area contributed by atoms with Crippen molar-refractivity contribution in [2.45, 2.75) is 51.0 Å². The minimum atomic E-state index is -0.407. The lowest BCUT2D eigenvalue weighted by molar-refractivity contribution is -0.133. The molecule has 2 aliphatic heterocycles. The van der Waals surface area contributed by atoms with E-state index in [-0.39, 0.29) is 17.6 Å². The summed E-state index contributed by atoms with van der Waals surface area (Å²) in [5.74, 6) is 0.884. The zero-order valence-corrected chi connectivity index (χ0v) is 15.2. The van der Waals surface area contributed by atoms with Crippen LogP contribution in [0.15, 0.2) is 18.3 Å². The third-order valence-corrected chi connectivity index (χ3v) is 5.19. The average Bonchev–Trinajstić information content (AvgIpc) is 2.63. The second kappa shape index (κ2) is 8.40. The summed E-state index contributed by atoms with van der Waals surface area (Å²) in [5.41, 5.74) is 1.21. The summed E-state index contributed by atoms with van der Waals surface area (Å²) in [5, 5.41) is 5.44. The number of carbonyl (C=O) groups excluding carboxylic acids is 3. The van der Waals surface area contributed by atoms with Crippen molar-refractivity contribution in [3.63, 3.8) is 0 Å². The number of hydrogen-bond acceptors (Lipinski definition) is 6. The van der Waals surface area contributed by atoms with E-state index in [1.165, 1.54) is 5.56 Å². The summed E-state index contributed by atoms with van der Waals surface area (Å²) >= 11 is 0. The molecule has 140 valence electrons. The Bertz CT molecular complexity index is 666. The van der Waals surface area contributed by atoms with Gasteiger partial charge in [0.05, 0.1) is 0 Å². The van der Waals surface area contributed by atoms with Crippen LogP contribution in [-0.2, 0) is 14.4 Å². The van der Waals surface area contributed by atoms with E-state index in [4.69, 9.17) is 0 Å². The maximum absolute atomic E-state index is 11.8. The van der Waals surface area contributed by atoms with Crippen LogP contribution in [-0.4, -0.2) is 53.2 Å². The van der Waals surface area contributed by atoms with E-state index in [0.717, 1.165) is 32.5 Å². The Morgan fingerprint density at radius 1 is 1.27 bits per heavy atom. The Labute approximate surface area is 153 Å². The van der Waals surface area contributed by atoms with Crippen molar-refractivity contribution in [1.29, 1.82) is 0 Å². The molecule has 3 rings (SSSR count). The number of aromatic nitrogens is 1. The molecule has 1 aromatic heterocycles. The van der Waals surface area contributed by atoms with E-state index in [0.29, 0.717) is 31.0 Å². The number of hydrogen-bond donors (Lipinski definition) is 2. The molecule has 0 aromatic carbocycles. The molecule has 7 nitrogen and oxygen atoms in total. The fraction of sp³-hybridized carbons (Fsp3) is 0.579. The summed E-state index contributed by atoms with van der Waals surface area (Å²) in [6, 6.07) is 3.56. The van der Waals surface area contributed by atoms with Crippen molar-refractivity contribution in [3.8, 4) is 0 Å². The first kappa shape index (κ1) is 18.5. The van der Waals surface area contributed by atoms with Crippen molar-refractivity contribution in [3.05, 3.63) is 23.9 Å². The molecule has 7 heteroatoms. The maximum Gasteiger partial charge on any atom is 0.249 e. The highest BCUT2D eigenvalue weighted by atomic mass is 16.2. The number of anilines is 1. The topological polar surface area (TPSA) is 91.4 Å². The first-order valence-electron chi connectivity index (χ1n) is 9.29. The molecule has 0 aliphatic carbocycles. The van der Waals surface area contributed by atoms with Crippen molar-refractivity contribution < 1.29 is 14.4 Å². The van der Waals surface area contributed by atoms with Gasteiger partial charge in [-0.1, -0.05) is 6.07 Å². The standard InChI is InChI=1S/C19H26N4O3/c1-13(24)6-9-23-10-7-14(8-11-23)15-2-4-17(20-12-15)21-16-3-5-18(25)22-19(16)26/h2,4,12,14,16H,3,5-11H2,1H3,(H,20,21)(H,22,25,26). The number of amides is 2. The molecule has 26 heavy (non-hydrogen) atoms. The number of likely N-dealkylation sites (tertiary alicyclic amines) is 1. The third-order valence-electron chi connectivity index (χ3n) is 5.19. The highest BCUT2D eigenvalue weighted by Gasteiger charge is 2.27. The average molecular weight is 358 g/mol. The third kappa shape index (κ3) is 4.88. The lowest BCUT2D eigenvalue weighted by Gasteiger charge is -2.31. The van der Waals surface area contributed by atoms with Crippen LogP contribution in [0.3, 0.4) is 0 Å². The van der Waals surface area contributed by atoms with Crippen LogP contribution in [0.5, 0.6) is 0 Å². The highest BCUT2D eigenvalue weighted by Crippen LogP contribution is 2.28. The SMILES string of the molecule is CC(=O)CCN1CCC(c2ccc(NC3CCC(=O)NC3=O)nc2)CC1. The second-order valence-electron chi connectivity index (χ2n) is 7.19. The number of Topliss-reactive ketones (excluding diaryl/α,β-unsaturated/α-hetero) is 1.